The van der Waals surface area contributed by atoms with Gasteiger partial charge in [-0.05, 0) is 47.5 Å². The van der Waals surface area contributed by atoms with Crippen LogP contribution < -0.4 is 10.1 Å². The number of methoxy groups -OCH3 is 1. The monoisotopic (exact) mass is 664 g/mol. The van der Waals surface area contributed by atoms with Crippen LogP contribution >= 0.6 is 0 Å². The number of hydrogen-bond donors (Lipinski definition) is 1. The van der Waals surface area contributed by atoms with Crippen LogP contribution in [0.25, 0.3) is 11.0 Å². The van der Waals surface area contributed by atoms with Crippen molar-refractivity contribution < 1.29 is 23.9 Å². The van der Waals surface area contributed by atoms with Gasteiger partial charge in [0.2, 0.25) is 0 Å². The van der Waals surface area contributed by atoms with Gasteiger partial charge in [0.25, 0.3) is 5.91 Å². The van der Waals surface area contributed by atoms with Crippen molar-refractivity contribution in [1.29, 1.82) is 0 Å². The number of nitrogens with zero attached hydrogens (tertiary/aromatic N) is 3. The first-order valence-electron chi connectivity index (χ1n) is 16.3. The molecular formula is C41H36N4O5. The molecular weight excluding hydrogens is 628 g/mol. The summed E-state index contributed by atoms with van der Waals surface area (Å²) >= 11 is 0. The lowest BCUT2D eigenvalue weighted by Crippen LogP contribution is -2.34. The first-order chi connectivity index (χ1) is 24.5. The summed E-state index contributed by atoms with van der Waals surface area (Å²) in [4.78, 5) is 50.4. The number of ether oxygens (including phenoxy) is 2. The first-order valence-corrected chi connectivity index (χ1v) is 16.3. The van der Waals surface area contributed by atoms with Gasteiger partial charge >= 0.3 is 5.97 Å². The molecule has 5 aromatic carbocycles. The van der Waals surface area contributed by atoms with Crippen molar-refractivity contribution in [3.8, 4) is 5.75 Å². The minimum atomic E-state index is -0.743. The van der Waals surface area contributed by atoms with E-state index in [1.54, 1.807) is 35.2 Å². The molecule has 0 bridgehead atoms. The lowest BCUT2D eigenvalue weighted by Gasteiger charge is -2.23. The highest BCUT2D eigenvalue weighted by Crippen LogP contribution is 2.22. The number of fused-ring (bicyclic) bond motifs is 1. The quantitative estimate of drug-likeness (QED) is 0.100. The number of rotatable bonds is 14. The maximum absolute atomic E-state index is 13.6. The zero-order chi connectivity index (χ0) is 34.7. The zero-order valence-electron chi connectivity index (χ0n) is 27.6. The van der Waals surface area contributed by atoms with E-state index in [1.165, 1.54) is 13.3 Å². The number of esters is 1. The molecule has 0 fully saturated rings. The molecule has 1 aromatic heterocycles. The summed E-state index contributed by atoms with van der Waals surface area (Å²) in [6, 6.07) is 40.0. The molecule has 0 saturated carbocycles. The second-order valence-corrected chi connectivity index (χ2v) is 11.6. The average Bonchev–Trinajstić information content (AvgIpc) is 3.17. The molecule has 1 N–H and O–H groups in total. The van der Waals surface area contributed by atoms with Crippen LogP contribution in [-0.4, -0.2) is 58.8 Å². The second kappa shape index (κ2) is 16.2. The highest BCUT2D eigenvalue weighted by molar-refractivity contribution is 6.12. The van der Waals surface area contributed by atoms with E-state index in [2.05, 4.69) is 15.3 Å². The molecule has 0 aliphatic rings. The normalized spacial score (nSPS) is 11.4. The van der Waals surface area contributed by atoms with E-state index in [4.69, 9.17) is 9.47 Å². The fourth-order valence-corrected chi connectivity index (χ4v) is 5.58. The Morgan fingerprint density at radius 3 is 2.14 bits per heavy atom. The molecule has 1 atom stereocenters. The van der Waals surface area contributed by atoms with E-state index in [0.717, 1.165) is 16.6 Å². The van der Waals surface area contributed by atoms with E-state index in [0.29, 0.717) is 47.6 Å². The predicted octanol–water partition coefficient (Wildman–Crippen LogP) is 6.78. The van der Waals surface area contributed by atoms with Crippen LogP contribution in [0.2, 0.25) is 0 Å². The number of carbonyl (C=O) groups is 3. The van der Waals surface area contributed by atoms with Gasteiger partial charge in [0.15, 0.2) is 5.78 Å². The van der Waals surface area contributed by atoms with Crippen LogP contribution in [0.5, 0.6) is 5.75 Å². The summed E-state index contributed by atoms with van der Waals surface area (Å²) in [5.74, 6) is -0.216. The number of ketones is 1. The lowest BCUT2D eigenvalue weighted by atomic mass is 10.00. The topological polar surface area (TPSA) is 111 Å². The van der Waals surface area contributed by atoms with Gasteiger partial charge in [-0.2, -0.15) is 0 Å². The molecule has 1 heterocycles. The fraction of sp³-hybridized carbons (Fsp3) is 0.146. The maximum Gasteiger partial charge on any atom is 0.328 e. The molecule has 0 aliphatic heterocycles. The molecule has 1 unspecified atom stereocenters. The van der Waals surface area contributed by atoms with E-state index in [1.807, 2.05) is 103 Å². The van der Waals surface area contributed by atoms with Gasteiger partial charge in [0.05, 0.1) is 30.9 Å². The van der Waals surface area contributed by atoms with Crippen LogP contribution in [0, 0.1) is 0 Å². The Hall–Kier alpha value is -6.35. The van der Waals surface area contributed by atoms with Gasteiger partial charge in [-0.3, -0.25) is 14.6 Å². The Morgan fingerprint density at radius 2 is 1.40 bits per heavy atom. The average molecular weight is 665 g/mol. The summed E-state index contributed by atoms with van der Waals surface area (Å²) in [7, 11) is 1.34. The van der Waals surface area contributed by atoms with Crippen LogP contribution in [0.3, 0.4) is 0 Å². The molecule has 50 heavy (non-hydrogen) atoms. The van der Waals surface area contributed by atoms with Crippen molar-refractivity contribution in [2.24, 2.45) is 0 Å². The number of anilines is 1. The fourth-order valence-electron chi connectivity index (χ4n) is 5.58. The number of benzene rings is 5. The standard InChI is InChI=1S/C41H36N4O5/c1-49-41(48)37(43-34-17-9-8-16-33(34)39(46)31-14-6-3-7-15-31)26-29-20-22-32(23-21-29)50-25-24-45(28-30-12-4-2-5-13-30)40(47)38-27-42-35-18-10-11-19-36(35)44-38/h2-23,27,37,43H,24-26,28H2,1H3. The summed E-state index contributed by atoms with van der Waals surface area (Å²) in [6.07, 6.45) is 1.82. The summed E-state index contributed by atoms with van der Waals surface area (Å²) < 4.78 is 11.2. The van der Waals surface area contributed by atoms with Gasteiger partial charge in [-0.25, -0.2) is 9.78 Å². The molecule has 1 amide bonds. The highest BCUT2D eigenvalue weighted by atomic mass is 16.5. The number of aromatic nitrogens is 2. The number of carbonyl (C=O) groups excluding carboxylic acids is 3. The molecule has 0 saturated heterocycles. The molecule has 6 rings (SSSR count). The van der Waals surface area contributed by atoms with Crippen molar-refractivity contribution >= 4 is 34.4 Å². The summed E-state index contributed by atoms with van der Waals surface area (Å²) in [5.41, 5.74) is 5.06. The second-order valence-electron chi connectivity index (χ2n) is 11.6. The van der Waals surface area contributed by atoms with Crippen molar-refractivity contribution in [2.45, 2.75) is 19.0 Å². The van der Waals surface area contributed by atoms with Gasteiger partial charge in [-0.15, -0.1) is 0 Å². The van der Waals surface area contributed by atoms with Gasteiger partial charge < -0.3 is 19.7 Å². The number of hydrogen-bond acceptors (Lipinski definition) is 8. The largest absolute Gasteiger partial charge is 0.492 e. The minimum absolute atomic E-state index is 0.145. The van der Waals surface area contributed by atoms with Crippen LogP contribution in [0.15, 0.2) is 140 Å². The maximum atomic E-state index is 13.6. The van der Waals surface area contributed by atoms with E-state index in [-0.39, 0.29) is 24.0 Å². The Bertz CT molecular complexity index is 2070. The van der Waals surface area contributed by atoms with E-state index in [9.17, 15) is 14.4 Å². The predicted molar refractivity (Wildman–Crippen MR) is 192 cm³/mol. The Balaban J connectivity index is 1.11. The Morgan fingerprint density at radius 1 is 0.740 bits per heavy atom. The van der Waals surface area contributed by atoms with Gasteiger partial charge in [-0.1, -0.05) is 97.1 Å². The van der Waals surface area contributed by atoms with Gasteiger partial charge in [0, 0.05) is 29.8 Å². The van der Waals surface area contributed by atoms with Crippen LogP contribution in [-0.2, 0) is 22.5 Å². The number of amides is 1. The summed E-state index contributed by atoms with van der Waals surface area (Å²) in [6.45, 7) is 0.954. The molecule has 6 aromatic rings. The molecule has 9 heteroatoms. The lowest BCUT2D eigenvalue weighted by molar-refractivity contribution is -0.141. The number of para-hydroxylation sites is 3. The molecule has 0 radical (unpaired) electrons. The molecule has 0 spiro atoms. The van der Waals surface area contributed by atoms with Crippen LogP contribution in [0.4, 0.5) is 5.69 Å². The highest BCUT2D eigenvalue weighted by Gasteiger charge is 2.23. The number of nitrogens with one attached hydrogen (secondary N) is 1. The van der Waals surface area contributed by atoms with E-state index >= 15 is 0 Å². The zero-order valence-corrected chi connectivity index (χ0v) is 27.6. The minimum Gasteiger partial charge on any atom is -0.492 e. The Labute approximate surface area is 290 Å². The van der Waals surface area contributed by atoms with Gasteiger partial charge in [0.1, 0.15) is 24.1 Å². The summed E-state index contributed by atoms with van der Waals surface area (Å²) in [5, 5.41) is 3.24. The van der Waals surface area contributed by atoms with Crippen molar-refractivity contribution in [3.63, 3.8) is 0 Å². The molecule has 0 aliphatic carbocycles. The van der Waals surface area contributed by atoms with Crippen molar-refractivity contribution in [2.75, 3.05) is 25.6 Å². The first kappa shape index (κ1) is 33.5. The third kappa shape index (κ3) is 8.38. The third-order valence-corrected chi connectivity index (χ3v) is 8.19. The molecule has 9 nitrogen and oxygen atoms in total. The van der Waals surface area contributed by atoms with Crippen molar-refractivity contribution in [3.05, 3.63) is 168 Å². The SMILES string of the molecule is COC(=O)C(Cc1ccc(OCCN(Cc2ccccc2)C(=O)c2cnc3ccccc3n2)cc1)Nc1ccccc1C(=O)c1ccccc1. The Kier molecular flexibility index (Phi) is 10.8. The third-order valence-electron chi connectivity index (χ3n) is 8.19. The van der Waals surface area contributed by atoms with Crippen molar-refractivity contribution in [1.82, 2.24) is 14.9 Å². The van der Waals surface area contributed by atoms with E-state index < -0.39 is 12.0 Å². The van der Waals surface area contributed by atoms with Crippen LogP contribution in [0.1, 0.15) is 37.5 Å². The molecule has 250 valence electrons. The smallest absolute Gasteiger partial charge is 0.328 e.